The number of hydrogen-bond acceptors (Lipinski definition) is 5. The first kappa shape index (κ1) is 77.8. The van der Waals surface area contributed by atoms with Gasteiger partial charge in [-0.2, -0.15) is 0 Å². The van der Waals surface area contributed by atoms with Crippen molar-refractivity contribution in [2.45, 2.75) is 398 Å². The van der Waals surface area contributed by atoms with Crippen molar-refractivity contribution in [3.63, 3.8) is 0 Å². The third-order valence-electron chi connectivity index (χ3n) is 16.6. The summed E-state index contributed by atoms with van der Waals surface area (Å²) in [5, 5.41) is 23.3. The first-order chi connectivity index (χ1) is 39.5. The van der Waals surface area contributed by atoms with E-state index in [1.807, 2.05) is 6.08 Å². The molecule has 1 amide bonds. The van der Waals surface area contributed by atoms with Gasteiger partial charge in [0.05, 0.1) is 25.4 Å². The molecule has 0 rings (SSSR count). The Morgan fingerprint density at radius 3 is 0.963 bits per heavy atom. The van der Waals surface area contributed by atoms with Crippen molar-refractivity contribution in [3.05, 3.63) is 48.6 Å². The van der Waals surface area contributed by atoms with Gasteiger partial charge in [-0.15, -0.1) is 0 Å². The molecular formula is C74H139NO5. The first-order valence-electron chi connectivity index (χ1n) is 35.9. The topological polar surface area (TPSA) is 95.9 Å². The van der Waals surface area contributed by atoms with Crippen molar-refractivity contribution in [1.29, 1.82) is 0 Å². The van der Waals surface area contributed by atoms with Gasteiger partial charge in [-0.3, -0.25) is 9.59 Å². The number of hydrogen-bond donors (Lipinski definition) is 3. The quantitative estimate of drug-likeness (QED) is 0.0320. The highest BCUT2D eigenvalue weighted by atomic mass is 16.5. The van der Waals surface area contributed by atoms with Crippen molar-refractivity contribution >= 4 is 11.9 Å². The van der Waals surface area contributed by atoms with Gasteiger partial charge in [0.1, 0.15) is 0 Å². The minimum absolute atomic E-state index is 0.000513. The summed E-state index contributed by atoms with van der Waals surface area (Å²) in [5.74, 6) is -0.0757. The number of carbonyl (C=O) groups is 2. The van der Waals surface area contributed by atoms with E-state index in [2.05, 4.69) is 55.6 Å². The molecule has 0 aliphatic carbocycles. The summed E-state index contributed by atoms with van der Waals surface area (Å²) in [6, 6.07) is -0.638. The van der Waals surface area contributed by atoms with Crippen LogP contribution in [0.2, 0.25) is 0 Å². The van der Waals surface area contributed by atoms with Crippen LogP contribution in [-0.4, -0.2) is 47.4 Å². The van der Waals surface area contributed by atoms with Crippen LogP contribution in [0.4, 0.5) is 0 Å². The van der Waals surface area contributed by atoms with Gasteiger partial charge in [0.25, 0.3) is 0 Å². The lowest BCUT2D eigenvalue weighted by Gasteiger charge is -2.20. The Labute approximate surface area is 499 Å². The molecule has 6 nitrogen and oxygen atoms in total. The van der Waals surface area contributed by atoms with E-state index in [-0.39, 0.29) is 18.5 Å². The number of ether oxygens (including phenoxy) is 1. The highest BCUT2D eigenvalue weighted by Crippen LogP contribution is 2.18. The summed E-state index contributed by atoms with van der Waals surface area (Å²) < 4.78 is 5.49. The van der Waals surface area contributed by atoms with Crippen LogP contribution in [0.15, 0.2) is 48.6 Å². The molecule has 0 aromatic heterocycles. The number of aliphatic hydroxyl groups excluding tert-OH is 2. The molecule has 0 aromatic rings. The highest BCUT2D eigenvalue weighted by Gasteiger charge is 2.18. The van der Waals surface area contributed by atoms with E-state index in [1.165, 1.54) is 295 Å². The molecule has 0 spiro atoms. The molecular weight excluding hydrogens is 983 g/mol. The lowest BCUT2D eigenvalue weighted by atomic mass is 10.0. The molecule has 2 atom stereocenters. The molecule has 0 aliphatic rings. The van der Waals surface area contributed by atoms with Crippen LogP contribution < -0.4 is 5.32 Å². The lowest BCUT2D eigenvalue weighted by molar-refractivity contribution is -0.143. The summed E-state index contributed by atoms with van der Waals surface area (Å²) in [6.45, 7) is 4.92. The number of aliphatic hydroxyl groups is 2. The van der Waals surface area contributed by atoms with Gasteiger partial charge in [-0.05, 0) is 89.9 Å². The molecule has 0 bridgehead atoms. The van der Waals surface area contributed by atoms with Crippen LogP contribution in [0.25, 0.3) is 0 Å². The van der Waals surface area contributed by atoms with Crippen LogP contribution in [-0.2, 0) is 14.3 Å². The summed E-state index contributed by atoms with van der Waals surface area (Å²) >= 11 is 0. The molecule has 6 heteroatoms. The Morgan fingerprint density at radius 1 is 0.350 bits per heavy atom. The lowest BCUT2D eigenvalue weighted by Crippen LogP contribution is -2.45. The van der Waals surface area contributed by atoms with Crippen LogP contribution >= 0.6 is 0 Å². The Bertz CT molecular complexity index is 1340. The number of rotatable bonds is 67. The molecule has 0 aliphatic heterocycles. The Kier molecular flexibility index (Phi) is 67.4. The van der Waals surface area contributed by atoms with E-state index in [0.29, 0.717) is 19.4 Å². The average molecular weight is 1120 g/mol. The van der Waals surface area contributed by atoms with Crippen LogP contribution in [0.5, 0.6) is 0 Å². The molecule has 0 saturated heterocycles. The zero-order valence-corrected chi connectivity index (χ0v) is 53.8. The molecule has 2 unspecified atom stereocenters. The third kappa shape index (κ3) is 65.0. The van der Waals surface area contributed by atoms with Crippen molar-refractivity contribution in [2.75, 3.05) is 13.2 Å². The van der Waals surface area contributed by atoms with Gasteiger partial charge >= 0.3 is 5.97 Å². The maximum Gasteiger partial charge on any atom is 0.305 e. The van der Waals surface area contributed by atoms with Crippen molar-refractivity contribution in [1.82, 2.24) is 5.32 Å². The maximum absolute atomic E-state index is 12.5. The SMILES string of the molecule is CCCCCCCCC/C=C\CCCCCCCC(=O)OCCCCCCCCCCC/C=C\C/C=C\CCCCCCCCCC(=O)NC(CO)C(O)/C=C/CCCCCCCCCCCCCCCCCCCCCCCC. The number of allylic oxidation sites excluding steroid dienone is 7. The number of carbonyl (C=O) groups excluding carboxylic acids is 2. The predicted molar refractivity (Wildman–Crippen MR) is 352 cm³/mol. The fourth-order valence-corrected chi connectivity index (χ4v) is 11.1. The van der Waals surface area contributed by atoms with E-state index >= 15 is 0 Å². The molecule has 0 radical (unpaired) electrons. The maximum atomic E-state index is 12.5. The molecule has 0 fully saturated rings. The smallest absolute Gasteiger partial charge is 0.305 e. The predicted octanol–water partition coefficient (Wildman–Crippen LogP) is 23.3. The number of unbranched alkanes of at least 4 members (excludes halogenated alkanes) is 50. The highest BCUT2D eigenvalue weighted by molar-refractivity contribution is 5.76. The molecule has 0 aromatic carbocycles. The molecule has 470 valence electrons. The zero-order chi connectivity index (χ0) is 57.8. The minimum Gasteiger partial charge on any atom is -0.466 e. The Morgan fingerprint density at radius 2 is 0.625 bits per heavy atom. The Balaban J connectivity index is 3.47. The van der Waals surface area contributed by atoms with E-state index in [0.717, 1.165) is 64.2 Å². The van der Waals surface area contributed by atoms with E-state index < -0.39 is 12.1 Å². The van der Waals surface area contributed by atoms with Gasteiger partial charge in [0.2, 0.25) is 5.91 Å². The first-order valence-corrected chi connectivity index (χ1v) is 35.9. The van der Waals surface area contributed by atoms with Gasteiger partial charge < -0.3 is 20.3 Å². The molecule has 3 N–H and O–H groups in total. The number of amides is 1. The van der Waals surface area contributed by atoms with E-state index in [1.54, 1.807) is 6.08 Å². The van der Waals surface area contributed by atoms with Crippen LogP contribution in [0.1, 0.15) is 386 Å². The fourth-order valence-electron chi connectivity index (χ4n) is 11.1. The standard InChI is InChI=1S/C74H139NO5/c1-3-5-7-9-11-13-15-17-19-21-22-23-24-26-29-32-35-38-42-46-50-54-58-62-66-72(77)71(70-76)75-73(78)67-63-59-55-51-47-43-39-36-33-30-27-25-28-31-34-37-41-45-49-53-57-61-65-69-80-74(79)68-64-60-56-52-48-44-40-20-18-16-14-12-10-8-6-4-2/h20,25,28,30,33,40,62,66,71-72,76-77H,3-19,21-24,26-27,29,31-32,34-39,41-61,63-65,67-70H2,1-2H3,(H,75,78)/b28-25-,33-30-,40-20-,66-62+. The summed E-state index contributed by atoms with van der Waals surface area (Å²) in [7, 11) is 0. The second-order valence-corrected chi connectivity index (χ2v) is 24.6. The van der Waals surface area contributed by atoms with Crippen LogP contribution in [0.3, 0.4) is 0 Å². The number of nitrogens with one attached hydrogen (secondary N) is 1. The minimum atomic E-state index is -0.854. The average Bonchev–Trinajstić information content (AvgIpc) is 3.46. The second kappa shape index (κ2) is 69.3. The summed E-state index contributed by atoms with van der Waals surface area (Å²) in [6.07, 6.45) is 90.4. The van der Waals surface area contributed by atoms with Crippen molar-refractivity contribution in [2.24, 2.45) is 0 Å². The second-order valence-electron chi connectivity index (χ2n) is 24.6. The van der Waals surface area contributed by atoms with Gasteiger partial charge in [-0.1, -0.05) is 332 Å². The normalized spacial score (nSPS) is 12.8. The van der Waals surface area contributed by atoms with E-state index in [4.69, 9.17) is 4.74 Å². The van der Waals surface area contributed by atoms with Gasteiger partial charge in [0, 0.05) is 12.8 Å². The Hall–Kier alpha value is -2.18. The summed E-state index contributed by atoms with van der Waals surface area (Å²) in [4.78, 5) is 24.6. The molecule has 0 heterocycles. The number of esters is 1. The largest absolute Gasteiger partial charge is 0.466 e. The molecule has 80 heavy (non-hydrogen) atoms. The van der Waals surface area contributed by atoms with E-state index in [9.17, 15) is 19.8 Å². The van der Waals surface area contributed by atoms with Gasteiger partial charge in [0.15, 0.2) is 0 Å². The van der Waals surface area contributed by atoms with Crippen LogP contribution in [0, 0.1) is 0 Å². The molecule has 0 saturated carbocycles. The van der Waals surface area contributed by atoms with Crippen molar-refractivity contribution in [3.8, 4) is 0 Å². The zero-order valence-electron chi connectivity index (χ0n) is 53.8. The van der Waals surface area contributed by atoms with Crippen molar-refractivity contribution < 1.29 is 24.5 Å². The summed E-state index contributed by atoms with van der Waals surface area (Å²) in [5.41, 5.74) is 0. The fraction of sp³-hybridized carbons (Fsp3) is 0.865. The monoisotopic (exact) mass is 1120 g/mol. The third-order valence-corrected chi connectivity index (χ3v) is 16.6. The van der Waals surface area contributed by atoms with Gasteiger partial charge in [-0.25, -0.2) is 0 Å².